The van der Waals surface area contributed by atoms with Crippen molar-refractivity contribution in [2.75, 3.05) is 5.32 Å². The van der Waals surface area contributed by atoms with Crippen LogP contribution in [0.4, 0.5) is 5.69 Å². The van der Waals surface area contributed by atoms with Crippen molar-refractivity contribution in [3.8, 4) is 11.5 Å². The molecule has 0 aliphatic rings. The van der Waals surface area contributed by atoms with Crippen molar-refractivity contribution in [1.29, 1.82) is 0 Å². The number of benzene rings is 2. The molecule has 2 aromatic rings. The average Bonchev–Trinajstić information content (AvgIpc) is 2.51. The van der Waals surface area contributed by atoms with Gasteiger partial charge in [0.25, 0.3) is 0 Å². The molecule has 0 aliphatic carbocycles. The highest BCUT2D eigenvalue weighted by molar-refractivity contribution is 9.13. The van der Waals surface area contributed by atoms with Crippen LogP contribution in [0.15, 0.2) is 50.4 Å². The Hall–Kier alpha value is -1.64. The molecule has 4 N–H and O–H groups in total. The molecule has 5 nitrogen and oxygen atoms in total. The van der Waals surface area contributed by atoms with E-state index in [1.54, 1.807) is 0 Å². The predicted molar refractivity (Wildman–Crippen MR) is 98.6 cm³/mol. The van der Waals surface area contributed by atoms with Crippen LogP contribution in [-0.2, 0) is 0 Å². The molecule has 0 unspecified atom stereocenters. The minimum absolute atomic E-state index is 0.238. The van der Waals surface area contributed by atoms with Gasteiger partial charge in [0.2, 0.25) is 0 Å². The van der Waals surface area contributed by atoms with Gasteiger partial charge in [0.1, 0.15) is 0 Å². The summed E-state index contributed by atoms with van der Waals surface area (Å²) in [5.74, 6) is -0.486. The van der Waals surface area contributed by atoms with Crippen molar-refractivity contribution < 1.29 is 10.2 Å². The molecule has 0 bridgehead atoms. The zero-order valence-corrected chi connectivity index (χ0v) is 15.0. The number of nitrogens with one attached hydrogen (secondary N) is 2. The molecule has 0 aromatic heterocycles. The summed E-state index contributed by atoms with van der Waals surface area (Å²) in [7, 11) is 0. The van der Waals surface area contributed by atoms with E-state index in [1.807, 2.05) is 30.3 Å². The smallest absolute Gasteiger partial charge is 0.191 e. The van der Waals surface area contributed by atoms with Crippen molar-refractivity contribution in [2.45, 2.75) is 0 Å². The first-order valence-corrected chi connectivity index (χ1v) is 8.03. The van der Waals surface area contributed by atoms with Gasteiger partial charge in [-0.2, -0.15) is 5.10 Å². The summed E-state index contributed by atoms with van der Waals surface area (Å²) in [4.78, 5) is 0. The number of phenols is 2. The van der Waals surface area contributed by atoms with Crippen LogP contribution in [0.3, 0.4) is 0 Å². The SMILES string of the molecule is Oc1cc(/C=N/NC(=S)Nc2ccccc2)c(Br)c(Br)c1O. The number of halogens is 2. The van der Waals surface area contributed by atoms with Crippen LogP contribution in [0.5, 0.6) is 11.5 Å². The van der Waals surface area contributed by atoms with Gasteiger partial charge in [-0.15, -0.1) is 0 Å². The number of thiocarbonyl (C=S) groups is 1. The molecule has 2 aromatic carbocycles. The van der Waals surface area contributed by atoms with E-state index >= 15 is 0 Å². The third kappa shape index (κ3) is 4.19. The van der Waals surface area contributed by atoms with Crippen molar-refractivity contribution in [3.05, 3.63) is 50.9 Å². The summed E-state index contributed by atoms with van der Waals surface area (Å²) < 4.78 is 0.911. The van der Waals surface area contributed by atoms with Gasteiger partial charge in [-0.1, -0.05) is 18.2 Å². The molecular weight excluding hydrogens is 434 g/mol. The highest BCUT2D eigenvalue weighted by Gasteiger charge is 2.12. The van der Waals surface area contributed by atoms with E-state index in [-0.39, 0.29) is 11.5 Å². The Morgan fingerprint density at radius 3 is 2.50 bits per heavy atom. The largest absolute Gasteiger partial charge is 0.504 e. The van der Waals surface area contributed by atoms with Gasteiger partial charge in [-0.05, 0) is 62.3 Å². The third-order valence-corrected chi connectivity index (χ3v) is 4.94. The Morgan fingerprint density at radius 1 is 1.14 bits per heavy atom. The van der Waals surface area contributed by atoms with Crippen LogP contribution in [0.25, 0.3) is 0 Å². The summed E-state index contributed by atoms with van der Waals surface area (Å²) in [6.07, 6.45) is 1.47. The number of anilines is 1. The van der Waals surface area contributed by atoms with Gasteiger partial charge in [-0.25, -0.2) is 0 Å². The lowest BCUT2D eigenvalue weighted by atomic mass is 10.2. The molecule has 22 heavy (non-hydrogen) atoms. The molecule has 2 rings (SSSR count). The Morgan fingerprint density at radius 2 is 1.82 bits per heavy atom. The van der Waals surface area contributed by atoms with Crippen molar-refractivity contribution >= 4 is 61.1 Å². The monoisotopic (exact) mass is 443 g/mol. The van der Waals surface area contributed by atoms with Gasteiger partial charge in [0.05, 0.1) is 10.7 Å². The normalized spacial score (nSPS) is 10.6. The number of phenolic OH excluding ortho intramolecular Hbond substituents is 2. The first-order chi connectivity index (χ1) is 10.5. The van der Waals surface area contributed by atoms with E-state index in [4.69, 9.17) is 12.2 Å². The van der Waals surface area contributed by atoms with Gasteiger partial charge >= 0.3 is 0 Å². The summed E-state index contributed by atoms with van der Waals surface area (Å²) in [5.41, 5.74) is 4.09. The first-order valence-electron chi connectivity index (χ1n) is 6.04. The second kappa shape index (κ2) is 7.57. The number of hydrazone groups is 1. The van der Waals surface area contributed by atoms with Gasteiger partial charge in [0.15, 0.2) is 16.6 Å². The maximum absolute atomic E-state index is 9.59. The lowest BCUT2D eigenvalue weighted by Gasteiger charge is -2.08. The molecule has 0 spiro atoms. The first kappa shape index (κ1) is 16.7. The topological polar surface area (TPSA) is 76.9 Å². The van der Waals surface area contributed by atoms with Gasteiger partial charge in [-0.3, -0.25) is 5.43 Å². The molecule has 0 atom stereocenters. The zero-order valence-electron chi connectivity index (χ0n) is 11.0. The number of para-hydroxylation sites is 1. The molecule has 0 saturated heterocycles. The van der Waals surface area contributed by atoms with E-state index in [0.29, 0.717) is 19.6 Å². The van der Waals surface area contributed by atoms with Crippen LogP contribution in [0.1, 0.15) is 5.56 Å². The van der Waals surface area contributed by atoms with Crippen LogP contribution < -0.4 is 10.7 Å². The maximum Gasteiger partial charge on any atom is 0.191 e. The predicted octanol–water partition coefficient (Wildman–Crippen LogP) is 3.94. The Labute approximate surface area is 149 Å². The standard InChI is InChI=1S/C14H11Br2N3O2S/c15-11-8(6-10(20)13(21)12(11)16)7-17-19-14(22)18-9-4-2-1-3-5-9/h1-7,20-21H,(H2,18,19,22)/b17-7+. The summed E-state index contributed by atoms with van der Waals surface area (Å²) >= 11 is 11.6. The van der Waals surface area contributed by atoms with Crippen LogP contribution >= 0.6 is 44.1 Å². The number of aromatic hydroxyl groups is 2. The Kier molecular flexibility index (Phi) is 5.76. The van der Waals surface area contributed by atoms with Gasteiger partial charge in [0, 0.05) is 15.7 Å². The maximum atomic E-state index is 9.59. The van der Waals surface area contributed by atoms with Crippen molar-refractivity contribution in [1.82, 2.24) is 5.43 Å². The van der Waals surface area contributed by atoms with E-state index < -0.39 is 0 Å². The highest BCUT2D eigenvalue weighted by Crippen LogP contribution is 2.40. The quantitative estimate of drug-likeness (QED) is 0.249. The Bertz CT molecular complexity index is 724. The van der Waals surface area contributed by atoms with Gasteiger partial charge < -0.3 is 15.5 Å². The fourth-order valence-corrected chi connectivity index (χ4v) is 2.56. The number of nitrogens with zero attached hydrogens (tertiary/aromatic N) is 1. The van der Waals surface area contributed by atoms with E-state index in [1.165, 1.54) is 12.3 Å². The number of rotatable bonds is 3. The fourth-order valence-electron chi connectivity index (χ4n) is 1.56. The third-order valence-electron chi connectivity index (χ3n) is 2.59. The molecule has 0 aliphatic heterocycles. The van der Waals surface area contributed by atoms with Crippen molar-refractivity contribution in [2.24, 2.45) is 5.10 Å². The second-order valence-electron chi connectivity index (χ2n) is 4.15. The summed E-state index contributed by atoms with van der Waals surface area (Å²) in [5, 5.41) is 26.5. The molecule has 0 saturated carbocycles. The fraction of sp³-hybridized carbons (Fsp3) is 0. The van der Waals surface area contributed by atoms with Crippen LogP contribution in [-0.4, -0.2) is 21.5 Å². The highest BCUT2D eigenvalue weighted by atomic mass is 79.9. The minimum atomic E-state index is -0.249. The summed E-state index contributed by atoms with van der Waals surface area (Å²) in [6, 6.07) is 10.8. The average molecular weight is 445 g/mol. The molecular formula is C14H11Br2N3O2S. The summed E-state index contributed by atoms with van der Waals surface area (Å²) in [6.45, 7) is 0. The van der Waals surface area contributed by atoms with E-state index in [2.05, 4.69) is 47.7 Å². The molecule has 0 fully saturated rings. The van der Waals surface area contributed by atoms with E-state index in [0.717, 1.165) is 5.69 Å². The lowest BCUT2D eigenvalue weighted by molar-refractivity contribution is 0.401. The molecule has 114 valence electrons. The number of hydrogen-bond acceptors (Lipinski definition) is 4. The Balaban J connectivity index is 2.03. The second-order valence-corrected chi connectivity index (χ2v) is 6.15. The number of hydrogen-bond donors (Lipinski definition) is 4. The molecule has 0 heterocycles. The molecule has 0 amide bonds. The molecule has 0 radical (unpaired) electrons. The lowest BCUT2D eigenvalue weighted by Crippen LogP contribution is -2.23. The van der Waals surface area contributed by atoms with Crippen LogP contribution in [0, 0.1) is 0 Å². The molecule has 8 heteroatoms. The zero-order chi connectivity index (χ0) is 16.1. The van der Waals surface area contributed by atoms with Crippen LogP contribution in [0.2, 0.25) is 0 Å². The van der Waals surface area contributed by atoms with E-state index in [9.17, 15) is 10.2 Å². The van der Waals surface area contributed by atoms with Crippen molar-refractivity contribution in [3.63, 3.8) is 0 Å². The minimum Gasteiger partial charge on any atom is -0.504 e.